The second kappa shape index (κ2) is 3.64. The number of hydrogen-bond donors (Lipinski definition) is 1. The summed E-state index contributed by atoms with van der Waals surface area (Å²) in [6, 6.07) is 3.48. The molecule has 0 aliphatic carbocycles. The lowest BCUT2D eigenvalue weighted by atomic mass is 9.87. The van der Waals surface area contributed by atoms with E-state index in [0.717, 1.165) is 0 Å². The lowest BCUT2D eigenvalue weighted by molar-refractivity contribution is 0.0589. The molecule has 0 spiro atoms. The second-order valence-corrected chi connectivity index (χ2v) is 4.61. The normalized spacial score (nSPS) is 14.2. The third-order valence-electron chi connectivity index (χ3n) is 1.85. The summed E-state index contributed by atoms with van der Waals surface area (Å²) < 4.78 is 0. The van der Waals surface area contributed by atoms with Gasteiger partial charge in [0, 0.05) is 6.20 Å². The van der Waals surface area contributed by atoms with Crippen molar-refractivity contribution in [2.45, 2.75) is 26.9 Å². The van der Waals surface area contributed by atoms with Gasteiger partial charge in [0.25, 0.3) is 0 Å². The SMILES string of the molecule is CC(C)(C)C(O)c1ccc(Cl)cn1. The quantitative estimate of drug-likeness (QED) is 0.755. The molecule has 1 aromatic rings. The Bertz CT molecular complexity index is 276. The number of hydrogen-bond acceptors (Lipinski definition) is 2. The molecule has 0 fully saturated rings. The molecule has 1 aromatic heterocycles. The number of pyridine rings is 1. The van der Waals surface area contributed by atoms with Crippen LogP contribution in [0.5, 0.6) is 0 Å². The van der Waals surface area contributed by atoms with E-state index in [1.807, 2.05) is 20.8 Å². The summed E-state index contributed by atoms with van der Waals surface area (Å²) in [5, 5.41) is 10.4. The van der Waals surface area contributed by atoms with Gasteiger partial charge < -0.3 is 5.11 Å². The number of halogens is 1. The maximum atomic E-state index is 9.84. The smallest absolute Gasteiger partial charge is 0.101 e. The second-order valence-electron chi connectivity index (χ2n) is 4.17. The van der Waals surface area contributed by atoms with E-state index in [-0.39, 0.29) is 5.41 Å². The molecular weight excluding hydrogens is 186 g/mol. The number of rotatable bonds is 1. The maximum Gasteiger partial charge on any atom is 0.101 e. The number of aliphatic hydroxyl groups is 1. The monoisotopic (exact) mass is 199 g/mol. The number of nitrogens with zero attached hydrogens (tertiary/aromatic N) is 1. The third kappa shape index (κ3) is 2.68. The molecule has 0 amide bonds. The highest BCUT2D eigenvalue weighted by Gasteiger charge is 2.24. The largest absolute Gasteiger partial charge is 0.386 e. The van der Waals surface area contributed by atoms with Crippen LogP contribution >= 0.6 is 11.6 Å². The van der Waals surface area contributed by atoms with E-state index in [4.69, 9.17) is 11.6 Å². The molecular formula is C10H14ClNO. The predicted octanol–water partition coefficient (Wildman–Crippen LogP) is 2.81. The van der Waals surface area contributed by atoms with Crippen molar-refractivity contribution in [2.75, 3.05) is 0 Å². The van der Waals surface area contributed by atoms with E-state index >= 15 is 0 Å². The van der Waals surface area contributed by atoms with Crippen molar-refractivity contribution in [3.8, 4) is 0 Å². The van der Waals surface area contributed by atoms with Gasteiger partial charge in [-0.2, -0.15) is 0 Å². The molecule has 2 nitrogen and oxygen atoms in total. The van der Waals surface area contributed by atoms with Gasteiger partial charge in [-0.25, -0.2) is 0 Å². The Morgan fingerprint density at radius 2 is 2.00 bits per heavy atom. The van der Waals surface area contributed by atoms with Gasteiger partial charge in [-0.05, 0) is 17.5 Å². The summed E-state index contributed by atoms with van der Waals surface area (Å²) in [6.07, 6.45) is 0.996. The zero-order valence-electron chi connectivity index (χ0n) is 8.08. The summed E-state index contributed by atoms with van der Waals surface area (Å²) >= 11 is 5.69. The first-order valence-corrected chi connectivity index (χ1v) is 4.58. The summed E-state index contributed by atoms with van der Waals surface area (Å²) in [5.74, 6) is 0. The average molecular weight is 200 g/mol. The molecule has 0 aliphatic heterocycles. The topological polar surface area (TPSA) is 33.1 Å². The summed E-state index contributed by atoms with van der Waals surface area (Å²) in [7, 11) is 0. The highest BCUT2D eigenvalue weighted by molar-refractivity contribution is 6.30. The fourth-order valence-electron chi connectivity index (χ4n) is 0.993. The summed E-state index contributed by atoms with van der Waals surface area (Å²) in [5.41, 5.74) is 0.470. The molecule has 0 bridgehead atoms. The molecule has 1 atom stereocenters. The zero-order valence-corrected chi connectivity index (χ0v) is 8.84. The maximum absolute atomic E-state index is 9.84. The lowest BCUT2D eigenvalue weighted by Gasteiger charge is -2.25. The van der Waals surface area contributed by atoms with Gasteiger partial charge in [-0.15, -0.1) is 0 Å². The van der Waals surface area contributed by atoms with Gasteiger partial charge in [-0.1, -0.05) is 32.4 Å². The van der Waals surface area contributed by atoms with Crippen molar-refractivity contribution in [1.29, 1.82) is 0 Å². The van der Waals surface area contributed by atoms with Crippen LogP contribution in [0, 0.1) is 5.41 Å². The minimum Gasteiger partial charge on any atom is -0.386 e. The molecule has 1 N–H and O–H groups in total. The van der Waals surface area contributed by atoms with E-state index in [1.54, 1.807) is 18.3 Å². The summed E-state index contributed by atoms with van der Waals surface area (Å²) in [6.45, 7) is 5.90. The highest BCUT2D eigenvalue weighted by Crippen LogP contribution is 2.31. The molecule has 0 saturated heterocycles. The standard InChI is InChI=1S/C10H14ClNO/c1-10(2,3)9(13)8-5-4-7(11)6-12-8/h4-6,9,13H,1-3H3. The number of aromatic nitrogens is 1. The molecule has 0 saturated carbocycles. The van der Waals surface area contributed by atoms with E-state index in [1.165, 1.54) is 0 Å². The Labute approximate surface area is 83.6 Å². The van der Waals surface area contributed by atoms with Gasteiger partial charge in [0.2, 0.25) is 0 Å². The Hall–Kier alpha value is -0.600. The van der Waals surface area contributed by atoms with Crippen LogP contribution < -0.4 is 0 Å². The van der Waals surface area contributed by atoms with Gasteiger partial charge in [-0.3, -0.25) is 4.98 Å². The lowest BCUT2D eigenvalue weighted by Crippen LogP contribution is -2.18. The first kappa shape index (κ1) is 10.5. The molecule has 1 rings (SSSR count). The van der Waals surface area contributed by atoms with Crippen LogP contribution in [0.15, 0.2) is 18.3 Å². The van der Waals surface area contributed by atoms with Crippen LogP contribution in [-0.2, 0) is 0 Å². The van der Waals surface area contributed by atoms with Crippen LogP contribution in [0.1, 0.15) is 32.6 Å². The van der Waals surface area contributed by atoms with Gasteiger partial charge in [0.1, 0.15) is 6.10 Å². The first-order chi connectivity index (χ1) is 5.91. The molecule has 13 heavy (non-hydrogen) atoms. The average Bonchev–Trinajstić information content (AvgIpc) is 2.03. The van der Waals surface area contributed by atoms with E-state index in [9.17, 15) is 5.11 Å². The zero-order chi connectivity index (χ0) is 10.1. The van der Waals surface area contributed by atoms with E-state index in [0.29, 0.717) is 10.7 Å². The van der Waals surface area contributed by atoms with Crippen molar-refractivity contribution >= 4 is 11.6 Å². The minimum atomic E-state index is -0.551. The van der Waals surface area contributed by atoms with Crippen molar-refractivity contribution in [2.24, 2.45) is 5.41 Å². The Kier molecular flexibility index (Phi) is 2.94. The Morgan fingerprint density at radius 3 is 2.38 bits per heavy atom. The van der Waals surface area contributed by atoms with Crippen molar-refractivity contribution in [1.82, 2.24) is 4.98 Å². The van der Waals surface area contributed by atoms with Crippen molar-refractivity contribution < 1.29 is 5.11 Å². The van der Waals surface area contributed by atoms with E-state index < -0.39 is 6.10 Å². The summed E-state index contributed by atoms with van der Waals surface area (Å²) in [4.78, 5) is 4.06. The third-order valence-corrected chi connectivity index (χ3v) is 2.07. The van der Waals surface area contributed by atoms with Gasteiger partial charge >= 0.3 is 0 Å². The molecule has 72 valence electrons. The number of aliphatic hydroxyl groups excluding tert-OH is 1. The molecule has 0 aromatic carbocycles. The Morgan fingerprint density at radius 1 is 1.38 bits per heavy atom. The first-order valence-electron chi connectivity index (χ1n) is 4.21. The fourth-order valence-corrected chi connectivity index (χ4v) is 1.10. The molecule has 1 unspecified atom stereocenters. The van der Waals surface area contributed by atoms with E-state index in [2.05, 4.69) is 4.98 Å². The van der Waals surface area contributed by atoms with Crippen LogP contribution in [0.3, 0.4) is 0 Å². The minimum absolute atomic E-state index is 0.194. The predicted molar refractivity (Wildman–Crippen MR) is 53.7 cm³/mol. The molecule has 3 heteroatoms. The molecule has 0 radical (unpaired) electrons. The fraction of sp³-hybridized carbons (Fsp3) is 0.500. The van der Waals surface area contributed by atoms with Crippen LogP contribution in [-0.4, -0.2) is 10.1 Å². The van der Waals surface area contributed by atoms with Gasteiger partial charge in [0.05, 0.1) is 10.7 Å². The van der Waals surface area contributed by atoms with Crippen LogP contribution in [0.2, 0.25) is 5.02 Å². The van der Waals surface area contributed by atoms with Crippen molar-refractivity contribution in [3.05, 3.63) is 29.0 Å². The van der Waals surface area contributed by atoms with Crippen LogP contribution in [0.4, 0.5) is 0 Å². The Balaban J connectivity index is 2.90. The molecule has 0 aliphatic rings. The van der Waals surface area contributed by atoms with Gasteiger partial charge in [0.15, 0.2) is 0 Å². The highest BCUT2D eigenvalue weighted by atomic mass is 35.5. The molecule has 1 heterocycles. The van der Waals surface area contributed by atoms with Crippen molar-refractivity contribution in [3.63, 3.8) is 0 Å². The van der Waals surface area contributed by atoms with Crippen LogP contribution in [0.25, 0.3) is 0 Å².